The van der Waals surface area contributed by atoms with E-state index in [0.29, 0.717) is 68.0 Å². The van der Waals surface area contributed by atoms with Crippen LogP contribution in [0.5, 0.6) is 11.5 Å². The largest absolute Gasteiger partial charge is 0.508 e. The maximum atomic E-state index is 15.8. The van der Waals surface area contributed by atoms with Crippen molar-refractivity contribution in [1.29, 1.82) is 0 Å². The molecule has 1 aliphatic heterocycles. The average molecular weight is 1910 g/mol. The van der Waals surface area contributed by atoms with Gasteiger partial charge in [-0.15, -0.1) is 11.8 Å². The highest BCUT2D eigenvalue weighted by Gasteiger charge is 2.44. The molecule has 137 heavy (non-hydrogen) atoms. The molecule has 15 amide bonds. The molecular weight excluding hydrogens is 1780 g/mol. The van der Waals surface area contributed by atoms with Gasteiger partial charge in [0.15, 0.2) is 0 Å². The molecule has 3 heterocycles. The van der Waals surface area contributed by atoms with E-state index in [9.17, 15) is 54.0 Å². The number of thioether (sulfide) groups is 1. The zero-order chi connectivity index (χ0) is 100. The number of nitrogens with two attached hydrogens (primary N) is 1. The van der Waals surface area contributed by atoms with E-state index < -0.39 is 235 Å². The number of benzene rings is 6. The Morgan fingerprint density at radius 2 is 0.883 bits per heavy atom. The van der Waals surface area contributed by atoms with Crippen molar-refractivity contribution < 1.29 is 102 Å². The number of carbonyl (C=O) groups is 17. The highest BCUT2D eigenvalue weighted by molar-refractivity contribution is 8.00. The van der Waals surface area contributed by atoms with Crippen molar-refractivity contribution >= 4 is 134 Å². The third-order valence-electron chi connectivity index (χ3n) is 23.9. The second-order valence-electron chi connectivity index (χ2n) is 35.1. The minimum atomic E-state index is -1.95. The molecular formula is C98H123N17O21S. The van der Waals surface area contributed by atoms with Crippen LogP contribution in [0.3, 0.4) is 0 Å². The number of H-pyrrole nitrogens is 2. The highest BCUT2D eigenvalue weighted by atomic mass is 32.2. The summed E-state index contributed by atoms with van der Waals surface area (Å²) in [5, 5.41) is 66.7. The van der Waals surface area contributed by atoms with Crippen LogP contribution < -0.4 is 53.6 Å². The van der Waals surface area contributed by atoms with Crippen LogP contribution >= 0.6 is 11.8 Å². The maximum Gasteiger partial charge on any atom is 0.305 e. The van der Waals surface area contributed by atoms with Gasteiger partial charge in [-0.1, -0.05) is 169 Å². The number of phenolic OH excluding ortho intramolecular Hbond substituents is 2. The summed E-state index contributed by atoms with van der Waals surface area (Å²) in [6, 6.07) is 22.4. The smallest absolute Gasteiger partial charge is 0.305 e. The number of aromatic hydroxyl groups is 2. The molecule has 2 aromatic heterocycles. The number of phenols is 2. The molecule has 38 nitrogen and oxygen atoms in total. The van der Waals surface area contributed by atoms with Crippen molar-refractivity contribution in [1.82, 2.24) is 82.3 Å². The Morgan fingerprint density at radius 1 is 0.438 bits per heavy atom. The number of unbranched alkanes of at least 4 members (excludes halogenated alkanes) is 1. The number of nitrogens with zero attached hydrogens (tertiary/aromatic N) is 5. The van der Waals surface area contributed by atoms with E-state index >= 15 is 47.9 Å². The van der Waals surface area contributed by atoms with Crippen LogP contribution in [0, 0.1) is 11.8 Å². The van der Waals surface area contributed by atoms with Crippen LogP contribution in [-0.4, -0.2) is 288 Å². The van der Waals surface area contributed by atoms with Gasteiger partial charge in [-0.25, -0.2) is 0 Å². The van der Waals surface area contributed by atoms with Crippen molar-refractivity contribution in [3.8, 4) is 11.5 Å². The first-order chi connectivity index (χ1) is 65.2. The molecule has 1 aliphatic rings. The lowest BCUT2D eigenvalue weighted by atomic mass is 9.98. The first-order valence-electron chi connectivity index (χ1n) is 45.2. The maximum absolute atomic E-state index is 15.8. The number of hydrogen-bond donors (Lipinski definition) is 16. The molecule has 1 saturated heterocycles. The molecule has 0 saturated carbocycles. The molecule has 0 radical (unpaired) electrons. The third-order valence-corrected chi connectivity index (χ3v) is 24.9. The van der Waals surface area contributed by atoms with Gasteiger partial charge in [0.25, 0.3) is 0 Å². The van der Waals surface area contributed by atoms with Crippen molar-refractivity contribution in [2.24, 2.45) is 17.6 Å². The van der Waals surface area contributed by atoms with E-state index in [1.807, 2.05) is 6.92 Å². The molecule has 0 aliphatic carbocycles. The molecule has 12 atom stereocenters. The van der Waals surface area contributed by atoms with Crippen molar-refractivity contribution in [2.45, 2.75) is 191 Å². The number of carboxylic acids is 2. The van der Waals surface area contributed by atoms with Gasteiger partial charge in [0.2, 0.25) is 88.6 Å². The summed E-state index contributed by atoms with van der Waals surface area (Å²) < 4.78 is 0. The molecule has 39 heteroatoms. The second-order valence-corrected chi connectivity index (χ2v) is 36.1. The van der Waals surface area contributed by atoms with Gasteiger partial charge >= 0.3 is 11.9 Å². The topological polar surface area (TPSA) is 553 Å². The summed E-state index contributed by atoms with van der Waals surface area (Å²) in [4.78, 5) is 263. The van der Waals surface area contributed by atoms with E-state index in [4.69, 9.17) is 5.73 Å². The number of fused-ring (bicyclic) bond motifs is 2. The fourth-order valence-electron chi connectivity index (χ4n) is 16.2. The summed E-state index contributed by atoms with van der Waals surface area (Å²) in [7, 11) is 6.37. The molecule has 17 N–H and O–H groups in total. The first kappa shape index (κ1) is 106. The monoisotopic (exact) mass is 1910 g/mol. The quantitative estimate of drug-likeness (QED) is 0.0370. The van der Waals surface area contributed by atoms with Gasteiger partial charge in [0.05, 0.1) is 25.3 Å². The summed E-state index contributed by atoms with van der Waals surface area (Å²) in [5.74, 6) is -20.1. The lowest BCUT2D eigenvalue weighted by Gasteiger charge is -2.37. The molecule has 6 aromatic carbocycles. The Balaban J connectivity index is 1.15. The number of primary amides is 1. The van der Waals surface area contributed by atoms with Crippen molar-refractivity contribution in [2.75, 3.05) is 59.8 Å². The van der Waals surface area contributed by atoms with Crippen LogP contribution in [0.1, 0.15) is 113 Å². The Morgan fingerprint density at radius 3 is 1.42 bits per heavy atom. The summed E-state index contributed by atoms with van der Waals surface area (Å²) in [6.07, 6.45) is -0.349. The Bertz CT molecular complexity index is 5600. The molecule has 0 unspecified atom stereocenters. The minimum Gasteiger partial charge on any atom is -0.508 e. The number of hydrogen-bond acceptors (Lipinski definition) is 20. The first-order valence-corrected chi connectivity index (χ1v) is 46.4. The van der Waals surface area contributed by atoms with Gasteiger partial charge in [-0.05, 0) is 101 Å². The number of para-hydroxylation sites is 2. The van der Waals surface area contributed by atoms with Crippen LogP contribution in [0.15, 0.2) is 170 Å². The fourth-order valence-corrected chi connectivity index (χ4v) is 17.1. The zero-order valence-electron chi connectivity index (χ0n) is 78.2. The Labute approximate surface area is 797 Å². The van der Waals surface area contributed by atoms with Crippen LogP contribution in [0.25, 0.3) is 21.8 Å². The number of aliphatic carboxylic acids is 2. The molecule has 0 spiro atoms. The predicted octanol–water partition coefficient (Wildman–Crippen LogP) is 3.04. The van der Waals surface area contributed by atoms with E-state index in [1.165, 1.54) is 95.5 Å². The number of amides is 15. The molecule has 9 rings (SSSR count). The average Bonchev–Trinajstić information content (AvgIpc) is 1.72. The molecule has 732 valence electrons. The Hall–Kier alpha value is -14.7. The number of rotatable bonds is 26. The number of aromatic amines is 2. The normalized spacial score (nSPS) is 21.9. The van der Waals surface area contributed by atoms with Crippen LogP contribution in [0.2, 0.25) is 0 Å². The van der Waals surface area contributed by atoms with Gasteiger partial charge in [0.1, 0.15) is 84.0 Å². The zero-order valence-corrected chi connectivity index (χ0v) is 79.0. The molecule has 0 bridgehead atoms. The minimum absolute atomic E-state index is 0.000489. The summed E-state index contributed by atoms with van der Waals surface area (Å²) >= 11 is 0.805. The van der Waals surface area contributed by atoms with E-state index in [-0.39, 0.29) is 56.4 Å². The number of nitrogens with one attached hydrogen (secondary N) is 11. The molecule has 8 aromatic rings. The number of likely N-dealkylation sites (N-methyl/N-ethyl adjacent to an activating group) is 5. The standard InChI is InChI=1S/C98H123N17O21S/c1-11-12-31-78-96(134)111(6)53-82(119)103-73(49-85(123)124)91(129)110-86(57(4)5)98(136)114(9)79(46-59-25-17-14-18-26-59)93(131)108-75(45-61-34-38-65(117)39-35-61)95(133)112(7)77(40-41-84(121)122)92(130)107-72(47-62-50-100-68-29-21-19-27-66(62)68)90(128)106-71(43-60-32-36-64(116)37-33-60)89(127)105-70(42-56(2)3)88(126)109-76(87(125)102-52-81(99)118)54-137-55-83(120)104-74(44-58-23-15-13-16-24-58)94(132)115(10)80(97(135)113(78)8)48-63-51-101-69-30-22-20-28-67(63)69/h13-30,32-39,50-51,56-57,70-80,86,100-101,116-117H,11-12,31,40-49,52-55H2,1-10H3,(H2,99,118)(H,102,125)(H,103,119)(H,104,120)(H,105,127)(H,106,128)(H,107,130)(H,108,131)(H,109,126)(H,110,129)(H,121,122)(H,123,124)/t70-,71-,72-,73-,74-,75-,76-,77+,78-,79-,80-,86-/m0/s1. The van der Waals surface area contributed by atoms with Crippen molar-refractivity contribution in [3.63, 3.8) is 0 Å². The fraction of sp³-hybridized carbons (Fsp3) is 0.418. The van der Waals surface area contributed by atoms with Gasteiger partial charge < -0.3 is 108 Å². The highest BCUT2D eigenvalue weighted by Crippen LogP contribution is 2.27. The van der Waals surface area contributed by atoms with E-state index in [1.54, 1.807) is 135 Å². The van der Waals surface area contributed by atoms with Gasteiger partial charge in [-0.2, -0.15) is 0 Å². The SMILES string of the molecule is CCCC[C@H]1C(=O)N(C)CC(=O)N[C@@H](CC(=O)O)C(=O)N[C@@H](C(C)C)C(=O)N(C)[C@@H](Cc2ccccc2)C(=O)N[C@@H](Cc2ccc(O)cc2)C(=O)N(C)[C@H](CCC(=O)O)C(=O)N[C@@H](Cc2c[nH]c3ccccc23)C(=O)N[C@@H](Cc2ccc(O)cc2)C(=O)N[C@@H](CC(C)C)C(=O)N[C@H](C(=O)NCC(N)=O)CSCC(=O)N[C@@H](Cc2ccccc2)C(=O)N(C)[C@@H](Cc2c[nH]c3ccccc23)C(=O)N1C. The van der Waals surface area contributed by atoms with Gasteiger partial charge in [-0.3, -0.25) is 81.5 Å². The van der Waals surface area contributed by atoms with Crippen molar-refractivity contribution in [3.05, 3.63) is 203 Å². The number of aromatic nitrogens is 2. The molecule has 1 fully saturated rings. The lowest BCUT2D eigenvalue weighted by molar-refractivity contribution is -0.151. The predicted molar refractivity (Wildman–Crippen MR) is 510 cm³/mol. The summed E-state index contributed by atoms with van der Waals surface area (Å²) in [5.41, 5.74) is 9.44. The number of carbonyl (C=O) groups excluding carboxylic acids is 15. The Kier molecular flexibility index (Phi) is 39.2. The summed E-state index contributed by atoms with van der Waals surface area (Å²) in [6.45, 7) is 6.80. The van der Waals surface area contributed by atoms with E-state index in [0.717, 1.165) is 38.4 Å². The van der Waals surface area contributed by atoms with Gasteiger partial charge in [0, 0.05) is 120 Å². The third kappa shape index (κ3) is 30.7. The lowest BCUT2D eigenvalue weighted by Crippen LogP contribution is -2.62. The van der Waals surface area contributed by atoms with Crippen LogP contribution in [0.4, 0.5) is 0 Å². The second kappa shape index (κ2) is 50.6. The van der Waals surface area contributed by atoms with E-state index in [2.05, 4.69) is 57.8 Å². The van der Waals surface area contributed by atoms with Crippen LogP contribution in [-0.2, 0) is 120 Å². The number of carboxylic acid groups (broad SMARTS) is 2.